The molecule has 0 saturated carbocycles. The lowest BCUT2D eigenvalue weighted by atomic mass is 10.0. The molecule has 0 aliphatic heterocycles. The van der Waals surface area contributed by atoms with Gasteiger partial charge in [-0.1, -0.05) is 49.6 Å². The lowest BCUT2D eigenvalue weighted by Crippen LogP contribution is -2.22. The van der Waals surface area contributed by atoms with E-state index in [9.17, 15) is 0 Å². The zero-order valence-corrected chi connectivity index (χ0v) is 11.3. The Morgan fingerprint density at radius 1 is 1.41 bits per heavy atom. The molecule has 0 heterocycles. The smallest absolute Gasteiger partial charge is 0.0409 e. The topological polar surface area (TPSA) is 12.0 Å². The van der Waals surface area contributed by atoms with Gasteiger partial charge >= 0.3 is 0 Å². The molecule has 94 valence electrons. The molecule has 1 nitrogen and oxygen atoms in total. The quantitative estimate of drug-likeness (QED) is 0.520. The second-order valence-corrected chi connectivity index (χ2v) is 4.73. The van der Waals surface area contributed by atoms with Crippen LogP contribution in [0, 0.1) is 0 Å². The average molecular weight is 252 g/mol. The molecule has 1 N–H and O–H groups in total. The lowest BCUT2D eigenvalue weighted by molar-refractivity contribution is 0.517. The van der Waals surface area contributed by atoms with E-state index in [1.165, 1.54) is 24.8 Å². The Labute approximate surface area is 110 Å². The molecule has 0 bridgehead atoms. The van der Waals surface area contributed by atoms with Crippen LogP contribution in [0.4, 0.5) is 0 Å². The maximum atomic E-state index is 6.02. The Hall–Kier alpha value is -0.790. The van der Waals surface area contributed by atoms with E-state index in [1.807, 2.05) is 24.3 Å². The van der Waals surface area contributed by atoms with Crippen molar-refractivity contribution < 1.29 is 0 Å². The molecule has 0 aliphatic rings. The van der Waals surface area contributed by atoms with Gasteiger partial charge in [0.25, 0.3) is 0 Å². The van der Waals surface area contributed by atoms with Crippen LogP contribution in [0.1, 0.15) is 44.2 Å². The SMILES string of the molecule is C=CCC(NCCCCC)c1cccc(Cl)c1. The number of benzene rings is 1. The van der Waals surface area contributed by atoms with E-state index in [0.717, 1.165) is 18.0 Å². The van der Waals surface area contributed by atoms with Crippen molar-refractivity contribution in [1.82, 2.24) is 5.32 Å². The fourth-order valence-corrected chi connectivity index (χ4v) is 2.08. The summed E-state index contributed by atoms with van der Waals surface area (Å²) in [5.74, 6) is 0. The Kier molecular flexibility index (Phi) is 6.99. The summed E-state index contributed by atoms with van der Waals surface area (Å²) in [6, 6.07) is 8.40. The van der Waals surface area contributed by atoms with Gasteiger partial charge in [0.1, 0.15) is 0 Å². The van der Waals surface area contributed by atoms with E-state index in [4.69, 9.17) is 11.6 Å². The maximum absolute atomic E-state index is 6.02. The molecule has 2 heteroatoms. The van der Waals surface area contributed by atoms with Crippen LogP contribution in [0.3, 0.4) is 0 Å². The van der Waals surface area contributed by atoms with E-state index in [2.05, 4.69) is 24.9 Å². The minimum absolute atomic E-state index is 0.336. The number of unbranched alkanes of at least 4 members (excludes halogenated alkanes) is 2. The first kappa shape index (κ1) is 14.3. The summed E-state index contributed by atoms with van der Waals surface area (Å²) in [4.78, 5) is 0. The van der Waals surface area contributed by atoms with Gasteiger partial charge in [-0.15, -0.1) is 6.58 Å². The van der Waals surface area contributed by atoms with E-state index >= 15 is 0 Å². The van der Waals surface area contributed by atoms with Crippen molar-refractivity contribution in [2.45, 2.75) is 38.6 Å². The molecule has 0 amide bonds. The van der Waals surface area contributed by atoms with E-state index in [1.54, 1.807) is 0 Å². The maximum Gasteiger partial charge on any atom is 0.0409 e. The third kappa shape index (κ3) is 5.38. The number of halogens is 1. The number of rotatable bonds is 8. The van der Waals surface area contributed by atoms with Crippen LogP contribution in [-0.4, -0.2) is 6.54 Å². The van der Waals surface area contributed by atoms with E-state index in [0.29, 0.717) is 6.04 Å². The molecule has 0 aromatic heterocycles. The monoisotopic (exact) mass is 251 g/mol. The van der Waals surface area contributed by atoms with Gasteiger partial charge in [0.15, 0.2) is 0 Å². The van der Waals surface area contributed by atoms with Crippen molar-refractivity contribution in [2.75, 3.05) is 6.54 Å². The second kappa shape index (κ2) is 8.32. The van der Waals surface area contributed by atoms with Gasteiger partial charge in [0, 0.05) is 11.1 Å². The van der Waals surface area contributed by atoms with Crippen LogP contribution >= 0.6 is 11.6 Å². The summed E-state index contributed by atoms with van der Waals surface area (Å²) in [7, 11) is 0. The summed E-state index contributed by atoms with van der Waals surface area (Å²) < 4.78 is 0. The van der Waals surface area contributed by atoms with E-state index in [-0.39, 0.29) is 0 Å². The van der Waals surface area contributed by atoms with Crippen molar-refractivity contribution in [2.24, 2.45) is 0 Å². The van der Waals surface area contributed by atoms with Crippen molar-refractivity contribution >= 4 is 11.6 Å². The zero-order valence-electron chi connectivity index (χ0n) is 10.6. The predicted molar refractivity (Wildman–Crippen MR) is 76.5 cm³/mol. The summed E-state index contributed by atoms with van der Waals surface area (Å²) in [5.41, 5.74) is 1.24. The predicted octanol–water partition coefficient (Wildman–Crippen LogP) is 4.74. The molecule has 1 aromatic carbocycles. The van der Waals surface area contributed by atoms with Crippen LogP contribution in [-0.2, 0) is 0 Å². The van der Waals surface area contributed by atoms with Crippen LogP contribution in [0.5, 0.6) is 0 Å². The summed E-state index contributed by atoms with van der Waals surface area (Å²) in [6.07, 6.45) is 6.66. The standard InChI is InChI=1S/C15H22ClN/c1-3-5-6-11-17-15(8-4-2)13-9-7-10-14(16)12-13/h4,7,9-10,12,15,17H,2-3,5-6,8,11H2,1H3. The second-order valence-electron chi connectivity index (χ2n) is 4.29. The van der Waals surface area contributed by atoms with Gasteiger partial charge < -0.3 is 5.32 Å². The van der Waals surface area contributed by atoms with Crippen molar-refractivity contribution in [3.63, 3.8) is 0 Å². The van der Waals surface area contributed by atoms with Gasteiger partial charge in [-0.05, 0) is 37.1 Å². The molecular weight excluding hydrogens is 230 g/mol. The van der Waals surface area contributed by atoms with Gasteiger partial charge in [-0.2, -0.15) is 0 Å². The van der Waals surface area contributed by atoms with Crippen LogP contribution in [0.15, 0.2) is 36.9 Å². The molecule has 0 fully saturated rings. The Bertz CT molecular complexity index is 335. The largest absolute Gasteiger partial charge is 0.310 e. The minimum atomic E-state index is 0.336. The first-order valence-corrected chi connectivity index (χ1v) is 6.75. The van der Waals surface area contributed by atoms with Crippen molar-refractivity contribution in [3.8, 4) is 0 Å². The number of nitrogens with one attached hydrogen (secondary N) is 1. The Balaban J connectivity index is 2.55. The zero-order chi connectivity index (χ0) is 12.5. The van der Waals surface area contributed by atoms with Crippen LogP contribution < -0.4 is 5.32 Å². The summed E-state index contributed by atoms with van der Waals surface area (Å²) in [5, 5.41) is 4.37. The third-order valence-corrected chi connectivity index (χ3v) is 3.06. The number of hydrogen-bond acceptors (Lipinski definition) is 1. The fraction of sp³-hybridized carbons (Fsp3) is 0.467. The van der Waals surface area contributed by atoms with Gasteiger partial charge in [-0.3, -0.25) is 0 Å². The Morgan fingerprint density at radius 3 is 2.88 bits per heavy atom. The molecular formula is C15H22ClN. The van der Waals surface area contributed by atoms with Crippen LogP contribution in [0.2, 0.25) is 5.02 Å². The van der Waals surface area contributed by atoms with Crippen molar-refractivity contribution in [3.05, 3.63) is 47.5 Å². The minimum Gasteiger partial charge on any atom is -0.310 e. The first-order chi connectivity index (χ1) is 8.27. The highest BCUT2D eigenvalue weighted by molar-refractivity contribution is 6.30. The molecule has 0 radical (unpaired) electrons. The molecule has 0 spiro atoms. The molecule has 0 aliphatic carbocycles. The van der Waals surface area contributed by atoms with Gasteiger partial charge in [0.2, 0.25) is 0 Å². The van der Waals surface area contributed by atoms with Gasteiger partial charge in [-0.25, -0.2) is 0 Å². The highest BCUT2D eigenvalue weighted by Gasteiger charge is 2.08. The van der Waals surface area contributed by atoms with Crippen molar-refractivity contribution in [1.29, 1.82) is 0 Å². The Morgan fingerprint density at radius 2 is 2.24 bits per heavy atom. The van der Waals surface area contributed by atoms with Gasteiger partial charge in [0.05, 0.1) is 0 Å². The average Bonchev–Trinajstić information content (AvgIpc) is 2.33. The van der Waals surface area contributed by atoms with E-state index < -0.39 is 0 Å². The van der Waals surface area contributed by atoms with Crippen LogP contribution in [0.25, 0.3) is 0 Å². The lowest BCUT2D eigenvalue weighted by Gasteiger charge is -2.18. The number of hydrogen-bond donors (Lipinski definition) is 1. The fourth-order valence-electron chi connectivity index (χ4n) is 1.88. The molecule has 1 aromatic rings. The molecule has 0 saturated heterocycles. The first-order valence-electron chi connectivity index (χ1n) is 6.37. The molecule has 1 atom stereocenters. The summed E-state index contributed by atoms with van der Waals surface area (Å²) >= 11 is 6.02. The molecule has 1 rings (SSSR count). The summed E-state index contributed by atoms with van der Waals surface area (Å²) in [6.45, 7) is 7.09. The highest BCUT2D eigenvalue weighted by Crippen LogP contribution is 2.20. The molecule has 17 heavy (non-hydrogen) atoms. The normalized spacial score (nSPS) is 12.4. The third-order valence-electron chi connectivity index (χ3n) is 2.82. The molecule has 1 unspecified atom stereocenters. The highest BCUT2D eigenvalue weighted by atomic mass is 35.5.